The van der Waals surface area contributed by atoms with Crippen molar-refractivity contribution >= 4 is 23.6 Å². The van der Waals surface area contributed by atoms with Crippen LogP contribution in [0.1, 0.15) is 30.7 Å². The molecule has 0 saturated heterocycles. The molecule has 1 saturated carbocycles. The van der Waals surface area contributed by atoms with E-state index in [0.717, 1.165) is 18.4 Å². The first-order valence-corrected chi connectivity index (χ1v) is 9.06. The lowest BCUT2D eigenvalue weighted by Crippen LogP contribution is -2.29. The van der Waals surface area contributed by atoms with Crippen LogP contribution >= 0.6 is 11.6 Å². The van der Waals surface area contributed by atoms with Crippen LogP contribution in [-0.2, 0) is 0 Å². The summed E-state index contributed by atoms with van der Waals surface area (Å²) in [5.74, 6) is 1.47. The van der Waals surface area contributed by atoms with Crippen molar-refractivity contribution in [2.24, 2.45) is 5.10 Å². The average molecular weight is 389 g/mol. The summed E-state index contributed by atoms with van der Waals surface area (Å²) < 4.78 is 12.6. The number of ether oxygens (including phenoxy) is 1. The Labute approximate surface area is 159 Å². The van der Waals surface area contributed by atoms with Gasteiger partial charge in [-0.3, -0.25) is 5.01 Å². The Hall–Kier alpha value is -2.88. The second-order valence-electron chi connectivity index (χ2n) is 6.73. The maximum absolute atomic E-state index is 6.05. The third kappa shape index (κ3) is 2.95. The minimum Gasteiger partial charge on any atom is -0.455 e. The van der Waals surface area contributed by atoms with E-state index in [4.69, 9.17) is 20.9 Å². The van der Waals surface area contributed by atoms with Gasteiger partial charge in [0.05, 0.1) is 0 Å². The molecule has 11 heteroatoms. The molecule has 27 heavy (non-hydrogen) atoms. The first-order valence-electron chi connectivity index (χ1n) is 8.68. The first kappa shape index (κ1) is 16.3. The van der Waals surface area contributed by atoms with Crippen LogP contribution in [-0.4, -0.2) is 61.7 Å². The van der Waals surface area contributed by atoms with Gasteiger partial charge in [0.2, 0.25) is 16.9 Å². The summed E-state index contributed by atoms with van der Waals surface area (Å²) in [6, 6.07) is 3.57. The van der Waals surface area contributed by atoms with E-state index in [1.807, 2.05) is 23.0 Å². The second-order valence-corrected chi connectivity index (χ2v) is 7.11. The van der Waals surface area contributed by atoms with Crippen LogP contribution in [0.15, 0.2) is 21.8 Å². The summed E-state index contributed by atoms with van der Waals surface area (Å²) in [5, 5.41) is 23.2. The van der Waals surface area contributed by atoms with Crippen molar-refractivity contribution < 1.29 is 9.26 Å². The molecule has 3 aromatic heterocycles. The molecule has 1 fully saturated rings. The van der Waals surface area contributed by atoms with Crippen LogP contribution in [0, 0.1) is 0 Å². The van der Waals surface area contributed by atoms with Crippen molar-refractivity contribution in [3.63, 3.8) is 0 Å². The lowest BCUT2D eigenvalue weighted by Gasteiger charge is -2.27. The number of hydrogen-bond acceptors (Lipinski definition) is 9. The van der Waals surface area contributed by atoms with Crippen LogP contribution in [0.4, 0.5) is 0 Å². The second kappa shape index (κ2) is 6.38. The Morgan fingerprint density at radius 1 is 1.30 bits per heavy atom. The molecule has 10 nitrogen and oxygen atoms in total. The van der Waals surface area contributed by atoms with E-state index in [1.165, 1.54) is 6.42 Å². The number of fused-ring (bicyclic) bond motifs is 1. The predicted molar refractivity (Wildman–Crippen MR) is 96.3 cm³/mol. The monoisotopic (exact) mass is 388 g/mol. The number of aromatic nitrogens is 5. The van der Waals surface area contributed by atoms with Gasteiger partial charge in [-0.1, -0.05) is 11.6 Å². The minimum absolute atomic E-state index is 0.182. The summed E-state index contributed by atoms with van der Waals surface area (Å²) in [4.78, 5) is 1.96. The van der Waals surface area contributed by atoms with E-state index < -0.39 is 0 Å². The Morgan fingerprint density at radius 2 is 2.19 bits per heavy atom. The lowest BCUT2D eigenvalue weighted by atomic mass is 9.80. The highest BCUT2D eigenvalue weighted by Gasteiger charge is 2.27. The molecule has 1 aliphatic heterocycles. The quantitative estimate of drug-likeness (QED) is 0.656. The topological polar surface area (TPSA) is 97.2 Å². The highest BCUT2D eigenvalue weighted by molar-refractivity contribution is 6.29. The number of hydrogen-bond donors (Lipinski definition) is 0. The highest BCUT2D eigenvalue weighted by atomic mass is 35.5. The number of halogens is 1. The van der Waals surface area contributed by atoms with Gasteiger partial charge >= 0.3 is 0 Å². The molecule has 2 aliphatic rings. The van der Waals surface area contributed by atoms with Crippen molar-refractivity contribution in [1.82, 2.24) is 34.9 Å². The summed E-state index contributed by atoms with van der Waals surface area (Å²) in [7, 11) is 1.91. The summed E-state index contributed by atoms with van der Waals surface area (Å²) in [6.45, 7) is 1.04. The Bertz CT molecular complexity index is 1010. The van der Waals surface area contributed by atoms with E-state index >= 15 is 0 Å². The van der Waals surface area contributed by atoms with Crippen LogP contribution in [0.3, 0.4) is 0 Å². The van der Waals surface area contributed by atoms with Crippen LogP contribution in [0.25, 0.3) is 17.2 Å². The molecule has 1 aliphatic carbocycles. The van der Waals surface area contributed by atoms with Crippen LogP contribution < -0.4 is 4.74 Å². The largest absolute Gasteiger partial charge is 0.455 e. The zero-order valence-corrected chi connectivity index (χ0v) is 15.4. The summed E-state index contributed by atoms with van der Waals surface area (Å²) in [6.07, 6.45) is 5.22. The fraction of sp³-hybridized carbons (Fsp3) is 0.438. The average Bonchev–Trinajstić information content (AvgIpc) is 3.31. The van der Waals surface area contributed by atoms with E-state index in [0.29, 0.717) is 42.4 Å². The van der Waals surface area contributed by atoms with Gasteiger partial charge in [0.1, 0.15) is 13.0 Å². The molecule has 0 atom stereocenters. The maximum atomic E-state index is 6.05. The molecular weight excluding hydrogens is 372 g/mol. The van der Waals surface area contributed by atoms with Gasteiger partial charge < -0.3 is 14.2 Å². The van der Waals surface area contributed by atoms with E-state index in [9.17, 15) is 0 Å². The van der Waals surface area contributed by atoms with E-state index in [-0.39, 0.29) is 5.22 Å². The SMILES string of the molecule is CN1CN(COc2nn3c(-c4cc(Cl)on4)nnc3cc2C2CCC2)C=N1. The molecule has 4 heterocycles. The van der Waals surface area contributed by atoms with Gasteiger partial charge in [0.15, 0.2) is 18.1 Å². The zero-order chi connectivity index (χ0) is 18.4. The fourth-order valence-corrected chi connectivity index (χ4v) is 3.32. The minimum atomic E-state index is 0.182. The van der Waals surface area contributed by atoms with Gasteiger partial charge in [-0.05, 0) is 36.4 Å². The fourth-order valence-electron chi connectivity index (χ4n) is 3.19. The van der Waals surface area contributed by atoms with Gasteiger partial charge in [-0.25, -0.2) is 0 Å². The van der Waals surface area contributed by atoms with E-state index in [1.54, 1.807) is 16.9 Å². The predicted octanol–water partition coefficient (Wildman–Crippen LogP) is 2.18. The highest BCUT2D eigenvalue weighted by Crippen LogP contribution is 2.40. The molecule has 0 aromatic carbocycles. The molecule has 0 radical (unpaired) electrons. The third-order valence-electron chi connectivity index (χ3n) is 4.81. The summed E-state index contributed by atoms with van der Waals surface area (Å²) >= 11 is 5.83. The van der Waals surface area contributed by atoms with Crippen molar-refractivity contribution in [2.45, 2.75) is 25.2 Å². The van der Waals surface area contributed by atoms with Crippen LogP contribution in [0.5, 0.6) is 5.88 Å². The zero-order valence-electron chi connectivity index (χ0n) is 14.6. The van der Waals surface area contributed by atoms with Crippen molar-refractivity contribution in [1.29, 1.82) is 0 Å². The number of hydrazone groups is 1. The molecule has 0 bridgehead atoms. The number of nitrogens with zero attached hydrogens (tertiary/aromatic N) is 8. The van der Waals surface area contributed by atoms with E-state index in [2.05, 4.69) is 25.6 Å². The van der Waals surface area contributed by atoms with Crippen LogP contribution in [0.2, 0.25) is 5.22 Å². The lowest BCUT2D eigenvalue weighted by molar-refractivity contribution is 0.154. The van der Waals surface area contributed by atoms with Crippen molar-refractivity contribution in [3.05, 3.63) is 22.9 Å². The first-order chi connectivity index (χ1) is 13.2. The molecule has 0 unspecified atom stereocenters. The molecular formula is C16H17ClN8O2. The smallest absolute Gasteiger partial charge is 0.237 e. The molecule has 0 N–H and O–H groups in total. The standard InChI is InChI=1S/C16H17ClN8O2/c1-23-8-24(7-18-23)9-26-16-11(10-3-2-4-10)5-14-19-20-15(25(14)21-16)12-6-13(17)27-22-12/h5-7,10H,2-4,8-9H2,1H3. The van der Waals surface area contributed by atoms with Crippen molar-refractivity contribution in [3.8, 4) is 17.4 Å². The Kier molecular flexibility index (Phi) is 3.85. The van der Waals surface area contributed by atoms with Gasteiger partial charge in [0.25, 0.3) is 0 Å². The van der Waals surface area contributed by atoms with Gasteiger partial charge in [0, 0.05) is 18.7 Å². The Balaban J connectivity index is 1.51. The van der Waals surface area contributed by atoms with Gasteiger partial charge in [-0.15, -0.1) is 15.3 Å². The molecule has 140 valence electrons. The molecule has 0 amide bonds. The van der Waals surface area contributed by atoms with Gasteiger partial charge in [-0.2, -0.15) is 9.62 Å². The Morgan fingerprint density at radius 3 is 2.85 bits per heavy atom. The molecule has 3 aromatic rings. The third-order valence-corrected chi connectivity index (χ3v) is 4.99. The summed E-state index contributed by atoms with van der Waals surface area (Å²) in [5.41, 5.74) is 2.17. The number of rotatable bonds is 5. The molecule has 5 rings (SSSR count). The normalized spacial score (nSPS) is 17.1. The molecule has 0 spiro atoms. The van der Waals surface area contributed by atoms with Crippen molar-refractivity contribution in [2.75, 3.05) is 20.4 Å². The maximum Gasteiger partial charge on any atom is 0.237 e.